The number of para-hydroxylation sites is 1. The van der Waals surface area contributed by atoms with Crippen molar-refractivity contribution >= 4 is 11.5 Å². The van der Waals surface area contributed by atoms with Crippen molar-refractivity contribution in [2.24, 2.45) is 0 Å². The molecule has 0 amide bonds. The average Bonchev–Trinajstić information content (AvgIpc) is 3.24. The lowest BCUT2D eigenvalue weighted by molar-refractivity contribution is 0.734. The summed E-state index contributed by atoms with van der Waals surface area (Å²) in [5.74, 6) is 0.709. The Labute approximate surface area is 125 Å². The summed E-state index contributed by atoms with van der Waals surface area (Å²) in [7, 11) is 0. The van der Waals surface area contributed by atoms with Gasteiger partial charge in [-0.1, -0.05) is 18.2 Å². The van der Waals surface area contributed by atoms with Gasteiger partial charge in [0.05, 0.1) is 12.0 Å². The number of tetrazole rings is 1. The Hall–Kier alpha value is -3.29. The summed E-state index contributed by atoms with van der Waals surface area (Å²) in [5, 5.41) is 18.8. The molecule has 0 aliphatic heterocycles. The van der Waals surface area contributed by atoms with E-state index in [9.17, 15) is 0 Å². The molecule has 8 heteroatoms. The van der Waals surface area contributed by atoms with E-state index in [1.165, 1.54) is 4.63 Å². The fourth-order valence-corrected chi connectivity index (χ4v) is 2.24. The Kier molecular flexibility index (Phi) is 2.97. The predicted octanol–water partition coefficient (Wildman–Crippen LogP) is 1.32. The minimum Gasteiger partial charge on any atom is -0.364 e. The third-order valence-corrected chi connectivity index (χ3v) is 3.30. The molecular formula is C14H12N8. The van der Waals surface area contributed by atoms with Gasteiger partial charge < -0.3 is 9.88 Å². The van der Waals surface area contributed by atoms with E-state index in [0.717, 1.165) is 11.3 Å². The average molecular weight is 292 g/mol. The molecule has 8 nitrogen and oxygen atoms in total. The Morgan fingerprint density at radius 3 is 2.95 bits per heavy atom. The van der Waals surface area contributed by atoms with Gasteiger partial charge >= 0.3 is 0 Å². The number of fused-ring (bicyclic) bond motifs is 1. The van der Waals surface area contributed by atoms with Crippen LogP contribution in [-0.4, -0.2) is 34.8 Å². The van der Waals surface area contributed by atoms with Crippen molar-refractivity contribution in [3.63, 3.8) is 0 Å². The fourth-order valence-electron chi connectivity index (χ4n) is 2.24. The van der Waals surface area contributed by atoms with Gasteiger partial charge in [0.15, 0.2) is 5.65 Å². The molecule has 0 unspecified atom stereocenters. The minimum absolute atomic E-state index is 0.615. The van der Waals surface area contributed by atoms with Crippen molar-refractivity contribution in [1.29, 1.82) is 0 Å². The Bertz CT molecular complexity index is 896. The fraction of sp³-hybridized carbons (Fsp3) is 0.0714. The SMILES string of the molecule is c1ccc(-n2ccnc2)c(CNc2ccc3nnnn3n2)c1. The normalized spacial score (nSPS) is 10.9. The topological polar surface area (TPSA) is 85.8 Å². The van der Waals surface area contributed by atoms with Crippen molar-refractivity contribution in [3.05, 3.63) is 60.7 Å². The molecule has 1 N–H and O–H groups in total. The molecule has 3 aromatic heterocycles. The lowest BCUT2D eigenvalue weighted by Crippen LogP contribution is -2.07. The van der Waals surface area contributed by atoms with Gasteiger partial charge in [-0.3, -0.25) is 0 Å². The number of anilines is 1. The van der Waals surface area contributed by atoms with E-state index in [1.54, 1.807) is 12.5 Å². The number of rotatable bonds is 4. The van der Waals surface area contributed by atoms with Gasteiger partial charge in [0.1, 0.15) is 5.82 Å². The molecule has 108 valence electrons. The molecule has 3 heterocycles. The number of aromatic nitrogens is 7. The molecule has 0 radical (unpaired) electrons. The first-order chi connectivity index (χ1) is 10.9. The summed E-state index contributed by atoms with van der Waals surface area (Å²) in [6, 6.07) is 11.8. The quantitative estimate of drug-likeness (QED) is 0.610. The monoisotopic (exact) mass is 292 g/mol. The molecule has 0 aliphatic carbocycles. The van der Waals surface area contributed by atoms with E-state index < -0.39 is 0 Å². The summed E-state index contributed by atoms with van der Waals surface area (Å²) >= 11 is 0. The second kappa shape index (κ2) is 5.24. The highest BCUT2D eigenvalue weighted by molar-refractivity contribution is 5.46. The standard InChI is InChI=1S/C14H12N8/c1-2-4-12(21-8-7-15-10-21)11(3-1)9-16-13-5-6-14-17-19-20-22(14)18-13/h1-8,10H,9H2,(H,16,18). The highest BCUT2D eigenvalue weighted by Crippen LogP contribution is 2.15. The minimum atomic E-state index is 0.615. The zero-order valence-corrected chi connectivity index (χ0v) is 11.5. The van der Waals surface area contributed by atoms with E-state index in [4.69, 9.17) is 0 Å². The predicted molar refractivity (Wildman–Crippen MR) is 79.5 cm³/mol. The molecule has 4 rings (SSSR count). The number of nitrogens with zero attached hydrogens (tertiary/aromatic N) is 7. The number of nitrogens with one attached hydrogen (secondary N) is 1. The molecular weight excluding hydrogens is 280 g/mol. The molecule has 0 atom stereocenters. The second-order valence-electron chi connectivity index (χ2n) is 4.70. The van der Waals surface area contributed by atoms with Crippen LogP contribution in [0.25, 0.3) is 11.3 Å². The lowest BCUT2D eigenvalue weighted by atomic mass is 10.1. The maximum atomic E-state index is 4.29. The zero-order valence-electron chi connectivity index (χ0n) is 11.5. The van der Waals surface area contributed by atoms with Crippen LogP contribution in [0.15, 0.2) is 55.1 Å². The lowest BCUT2D eigenvalue weighted by Gasteiger charge is -2.11. The number of hydrogen-bond donors (Lipinski definition) is 1. The van der Waals surface area contributed by atoms with E-state index in [2.05, 4.69) is 43.1 Å². The first-order valence-corrected chi connectivity index (χ1v) is 6.76. The molecule has 0 fully saturated rings. The van der Waals surface area contributed by atoms with Gasteiger partial charge in [-0.25, -0.2) is 4.98 Å². The van der Waals surface area contributed by atoms with Crippen LogP contribution in [0.5, 0.6) is 0 Å². The molecule has 0 bridgehead atoms. The van der Waals surface area contributed by atoms with Crippen molar-refractivity contribution in [2.45, 2.75) is 6.54 Å². The first-order valence-electron chi connectivity index (χ1n) is 6.76. The maximum Gasteiger partial charge on any atom is 0.200 e. The summed E-state index contributed by atoms with van der Waals surface area (Å²) in [4.78, 5) is 4.09. The largest absolute Gasteiger partial charge is 0.364 e. The molecule has 0 saturated carbocycles. The highest BCUT2D eigenvalue weighted by atomic mass is 15.6. The third-order valence-electron chi connectivity index (χ3n) is 3.30. The van der Waals surface area contributed by atoms with Gasteiger partial charge in [0.2, 0.25) is 0 Å². The van der Waals surface area contributed by atoms with Crippen LogP contribution in [-0.2, 0) is 6.54 Å². The van der Waals surface area contributed by atoms with Crippen LogP contribution < -0.4 is 5.32 Å². The van der Waals surface area contributed by atoms with Crippen LogP contribution >= 0.6 is 0 Å². The van der Waals surface area contributed by atoms with Gasteiger partial charge in [0.25, 0.3) is 0 Å². The summed E-state index contributed by atoms with van der Waals surface area (Å²) in [6.07, 6.45) is 5.46. The van der Waals surface area contributed by atoms with Gasteiger partial charge in [-0.15, -0.1) is 14.8 Å². The molecule has 0 aliphatic rings. The summed E-state index contributed by atoms with van der Waals surface area (Å²) in [6.45, 7) is 0.634. The molecule has 22 heavy (non-hydrogen) atoms. The number of imidazole rings is 1. The van der Waals surface area contributed by atoms with Crippen LogP contribution in [0.4, 0.5) is 5.82 Å². The van der Waals surface area contributed by atoms with Crippen LogP contribution in [0.3, 0.4) is 0 Å². The van der Waals surface area contributed by atoms with Crippen LogP contribution in [0.2, 0.25) is 0 Å². The van der Waals surface area contributed by atoms with E-state index >= 15 is 0 Å². The molecule has 0 spiro atoms. The summed E-state index contributed by atoms with van der Waals surface area (Å²) < 4.78 is 3.37. The Morgan fingerprint density at radius 1 is 1.09 bits per heavy atom. The van der Waals surface area contributed by atoms with E-state index in [1.807, 2.05) is 35.0 Å². The highest BCUT2D eigenvalue weighted by Gasteiger charge is 2.05. The van der Waals surface area contributed by atoms with Gasteiger partial charge in [-0.05, 0) is 34.2 Å². The number of benzene rings is 1. The van der Waals surface area contributed by atoms with Crippen molar-refractivity contribution in [2.75, 3.05) is 5.32 Å². The van der Waals surface area contributed by atoms with Crippen LogP contribution in [0, 0.1) is 0 Å². The number of hydrogen-bond acceptors (Lipinski definition) is 6. The first kappa shape index (κ1) is 12.5. The van der Waals surface area contributed by atoms with E-state index in [0.29, 0.717) is 18.0 Å². The van der Waals surface area contributed by atoms with Crippen LogP contribution in [0.1, 0.15) is 5.56 Å². The van der Waals surface area contributed by atoms with Crippen molar-refractivity contribution in [3.8, 4) is 5.69 Å². The van der Waals surface area contributed by atoms with Crippen molar-refractivity contribution in [1.82, 2.24) is 34.8 Å². The maximum absolute atomic E-state index is 4.29. The van der Waals surface area contributed by atoms with Gasteiger partial charge in [0, 0.05) is 18.9 Å². The van der Waals surface area contributed by atoms with E-state index in [-0.39, 0.29) is 0 Å². The second-order valence-corrected chi connectivity index (χ2v) is 4.70. The molecule has 0 saturated heterocycles. The summed E-state index contributed by atoms with van der Waals surface area (Å²) in [5.41, 5.74) is 2.83. The Morgan fingerprint density at radius 2 is 2.05 bits per heavy atom. The van der Waals surface area contributed by atoms with Gasteiger partial charge in [-0.2, -0.15) is 0 Å². The third kappa shape index (κ3) is 2.26. The smallest absolute Gasteiger partial charge is 0.200 e. The zero-order chi connectivity index (χ0) is 14.8. The Balaban J connectivity index is 1.59. The van der Waals surface area contributed by atoms with Crippen molar-refractivity contribution < 1.29 is 0 Å². The molecule has 1 aromatic carbocycles. The molecule has 4 aromatic rings.